The van der Waals surface area contributed by atoms with E-state index in [1.165, 1.54) is 0 Å². The SMILES string of the molecule is CC(C)OC(=O)CCCCCNC(=O)c1cccc(Cl)c1. The van der Waals surface area contributed by atoms with Crippen molar-refractivity contribution in [1.29, 1.82) is 0 Å². The van der Waals surface area contributed by atoms with Crippen molar-refractivity contribution >= 4 is 23.5 Å². The molecule has 5 heteroatoms. The van der Waals surface area contributed by atoms with Crippen molar-refractivity contribution in [1.82, 2.24) is 5.32 Å². The van der Waals surface area contributed by atoms with Crippen LogP contribution in [0.1, 0.15) is 49.9 Å². The molecule has 1 aromatic carbocycles. The van der Waals surface area contributed by atoms with Gasteiger partial charge in [-0.2, -0.15) is 0 Å². The lowest BCUT2D eigenvalue weighted by Gasteiger charge is -2.08. The van der Waals surface area contributed by atoms with Crippen molar-refractivity contribution in [2.45, 2.75) is 45.6 Å². The van der Waals surface area contributed by atoms with Gasteiger partial charge in [-0.25, -0.2) is 0 Å². The Morgan fingerprint density at radius 3 is 2.67 bits per heavy atom. The largest absolute Gasteiger partial charge is 0.463 e. The van der Waals surface area contributed by atoms with Crippen LogP contribution in [0.4, 0.5) is 0 Å². The number of ether oxygens (including phenoxy) is 1. The summed E-state index contributed by atoms with van der Waals surface area (Å²) in [5.74, 6) is -0.287. The van der Waals surface area contributed by atoms with Gasteiger partial charge in [-0.15, -0.1) is 0 Å². The van der Waals surface area contributed by atoms with Gasteiger partial charge >= 0.3 is 5.97 Å². The number of esters is 1. The van der Waals surface area contributed by atoms with E-state index >= 15 is 0 Å². The zero-order valence-corrected chi connectivity index (χ0v) is 13.3. The summed E-state index contributed by atoms with van der Waals surface area (Å²) in [6, 6.07) is 6.84. The Morgan fingerprint density at radius 1 is 1.24 bits per heavy atom. The first kappa shape index (κ1) is 17.5. The zero-order chi connectivity index (χ0) is 15.7. The van der Waals surface area contributed by atoms with E-state index in [-0.39, 0.29) is 18.0 Å². The van der Waals surface area contributed by atoms with Gasteiger partial charge in [0.25, 0.3) is 5.91 Å². The smallest absolute Gasteiger partial charge is 0.306 e. The van der Waals surface area contributed by atoms with Crippen LogP contribution in [0.3, 0.4) is 0 Å². The summed E-state index contributed by atoms with van der Waals surface area (Å²) in [6.45, 7) is 4.26. The molecule has 1 amide bonds. The van der Waals surface area contributed by atoms with Gasteiger partial charge in [0.05, 0.1) is 6.10 Å². The summed E-state index contributed by atoms with van der Waals surface area (Å²) in [6.07, 6.45) is 2.86. The van der Waals surface area contributed by atoms with E-state index in [1.54, 1.807) is 24.3 Å². The molecule has 0 aromatic heterocycles. The van der Waals surface area contributed by atoms with E-state index in [9.17, 15) is 9.59 Å². The number of hydrogen-bond donors (Lipinski definition) is 1. The Balaban J connectivity index is 2.12. The molecule has 0 aliphatic carbocycles. The highest BCUT2D eigenvalue weighted by Crippen LogP contribution is 2.10. The molecule has 21 heavy (non-hydrogen) atoms. The van der Waals surface area contributed by atoms with Crippen LogP contribution in [0.5, 0.6) is 0 Å². The second-order valence-corrected chi connectivity index (χ2v) is 5.55. The predicted octanol–water partition coefficient (Wildman–Crippen LogP) is 3.58. The van der Waals surface area contributed by atoms with Gasteiger partial charge in [0.15, 0.2) is 0 Å². The van der Waals surface area contributed by atoms with Crippen LogP contribution < -0.4 is 5.32 Å². The molecule has 1 rings (SSSR count). The Kier molecular flexibility index (Phi) is 7.83. The third kappa shape index (κ3) is 7.71. The monoisotopic (exact) mass is 311 g/mol. The lowest BCUT2D eigenvalue weighted by Crippen LogP contribution is -2.24. The summed E-state index contributed by atoms with van der Waals surface area (Å²) in [5, 5.41) is 3.38. The second-order valence-electron chi connectivity index (χ2n) is 5.12. The minimum atomic E-state index is -0.159. The average molecular weight is 312 g/mol. The fraction of sp³-hybridized carbons (Fsp3) is 0.500. The summed E-state index contributed by atoms with van der Waals surface area (Å²) in [7, 11) is 0. The Labute approximate surface area is 130 Å². The van der Waals surface area contributed by atoms with E-state index in [1.807, 2.05) is 13.8 Å². The maximum Gasteiger partial charge on any atom is 0.306 e. The lowest BCUT2D eigenvalue weighted by atomic mass is 10.2. The zero-order valence-electron chi connectivity index (χ0n) is 12.5. The molecule has 0 radical (unpaired) electrons. The van der Waals surface area contributed by atoms with Crippen LogP contribution in [0.2, 0.25) is 5.02 Å². The summed E-state index contributed by atoms with van der Waals surface area (Å²) < 4.78 is 5.04. The van der Waals surface area contributed by atoms with Crippen LogP contribution in [-0.2, 0) is 9.53 Å². The molecule has 0 unspecified atom stereocenters. The third-order valence-electron chi connectivity index (χ3n) is 2.80. The standard InChI is InChI=1S/C16H22ClNO3/c1-12(2)21-15(19)9-4-3-5-10-18-16(20)13-7-6-8-14(17)11-13/h6-8,11-12H,3-5,9-10H2,1-2H3,(H,18,20). The molecule has 0 spiro atoms. The van der Waals surface area contributed by atoms with E-state index in [0.29, 0.717) is 23.6 Å². The molecule has 1 N–H and O–H groups in total. The summed E-state index contributed by atoms with van der Waals surface area (Å²) in [5.41, 5.74) is 0.558. The number of benzene rings is 1. The molecule has 0 aliphatic rings. The summed E-state index contributed by atoms with van der Waals surface area (Å²) in [4.78, 5) is 23.1. The second kappa shape index (κ2) is 9.40. The van der Waals surface area contributed by atoms with Crippen LogP contribution in [0, 0.1) is 0 Å². The molecule has 0 aliphatic heterocycles. The molecular weight excluding hydrogens is 290 g/mol. The molecule has 0 saturated heterocycles. The number of carbonyl (C=O) groups excluding carboxylic acids is 2. The normalized spacial score (nSPS) is 10.5. The first-order valence-corrected chi connectivity index (χ1v) is 7.60. The van der Waals surface area contributed by atoms with Crippen molar-refractivity contribution in [3.63, 3.8) is 0 Å². The van der Waals surface area contributed by atoms with Crippen LogP contribution in [-0.4, -0.2) is 24.5 Å². The fourth-order valence-corrected chi connectivity index (χ4v) is 2.02. The number of unbranched alkanes of at least 4 members (excludes halogenated alkanes) is 2. The highest BCUT2D eigenvalue weighted by Gasteiger charge is 2.06. The highest BCUT2D eigenvalue weighted by molar-refractivity contribution is 6.30. The molecule has 116 valence electrons. The van der Waals surface area contributed by atoms with Crippen LogP contribution in [0.15, 0.2) is 24.3 Å². The maximum atomic E-state index is 11.8. The molecule has 0 bridgehead atoms. The average Bonchev–Trinajstić information content (AvgIpc) is 2.41. The molecule has 0 atom stereocenters. The Morgan fingerprint density at radius 2 is 2.00 bits per heavy atom. The minimum Gasteiger partial charge on any atom is -0.463 e. The molecular formula is C16H22ClNO3. The Bertz CT molecular complexity index is 474. The predicted molar refractivity (Wildman–Crippen MR) is 83.5 cm³/mol. The fourth-order valence-electron chi connectivity index (χ4n) is 1.83. The van der Waals surface area contributed by atoms with Crippen molar-refractivity contribution in [2.24, 2.45) is 0 Å². The van der Waals surface area contributed by atoms with Gasteiger partial charge in [-0.3, -0.25) is 9.59 Å². The number of halogens is 1. The molecule has 4 nitrogen and oxygen atoms in total. The van der Waals surface area contributed by atoms with Gasteiger partial charge in [0.1, 0.15) is 0 Å². The van der Waals surface area contributed by atoms with Crippen molar-refractivity contribution in [3.8, 4) is 0 Å². The first-order valence-electron chi connectivity index (χ1n) is 7.22. The lowest BCUT2D eigenvalue weighted by molar-refractivity contribution is -0.147. The van der Waals surface area contributed by atoms with Crippen LogP contribution in [0.25, 0.3) is 0 Å². The third-order valence-corrected chi connectivity index (χ3v) is 3.03. The Hall–Kier alpha value is -1.55. The van der Waals surface area contributed by atoms with Gasteiger partial charge in [0, 0.05) is 23.6 Å². The number of nitrogens with one attached hydrogen (secondary N) is 1. The molecule has 0 saturated carbocycles. The molecule has 0 fully saturated rings. The molecule has 0 heterocycles. The van der Waals surface area contributed by atoms with Gasteiger partial charge in [0.2, 0.25) is 0 Å². The van der Waals surface area contributed by atoms with E-state index in [2.05, 4.69) is 5.32 Å². The van der Waals surface area contributed by atoms with Crippen molar-refractivity contribution < 1.29 is 14.3 Å². The number of amides is 1. The first-order chi connectivity index (χ1) is 9.99. The van der Waals surface area contributed by atoms with Gasteiger partial charge in [-0.1, -0.05) is 24.1 Å². The summed E-state index contributed by atoms with van der Waals surface area (Å²) >= 11 is 5.83. The van der Waals surface area contributed by atoms with E-state index in [0.717, 1.165) is 19.3 Å². The number of rotatable bonds is 8. The van der Waals surface area contributed by atoms with Crippen molar-refractivity contribution in [2.75, 3.05) is 6.54 Å². The van der Waals surface area contributed by atoms with Crippen molar-refractivity contribution in [3.05, 3.63) is 34.9 Å². The topological polar surface area (TPSA) is 55.4 Å². The van der Waals surface area contributed by atoms with Crippen LogP contribution >= 0.6 is 11.6 Å². The minimum absolute atomic E-state index is 0.0607. The number of carbonyl (C=O) groups is 2. The quantitative estimate of drug-likeness (QED) is 0.589. The van der Waals surface area contributed by atoms with E-state index < -0.39 is 0 Å². The highest BCUT2D eigenvalue weighted by atomic mass is 35.5. The number of hydrogen-bond acceptors (Lipinski definition) is 3. The molecule has 1 aromatic rings. The maximum absolute atomic E-state index is 11.8. The van der Waals surface area contributed by atoms with E-state index in [4.69, 9.17) is 16.3 Å². The van der Waals surface area contributed by atoms with Gasteiger partial charge in [-0.05, 0) is 44.9 Å². The van der Waals surface area contributed by atoms with Gasteiger partial charge < -0.3 is 10.1 Å².